The highest BCUT2D eigenvalue weighted by Crippen LogP contribution is 2.14. The highest BCUT2D eigenvalue weighted by molar-refractivity contribution is 5.97. The van der Waals surface area contributed by atoms with Crippen molar-refractivity contribution >= 4 is 22.8 Å². The van der Waals surface area contributed by atoms with Gasteiger partial charge in [0.15, 0.2) is 0 Å². The normalized spacial score (nSPS) is 15.6. The standard InChI is InChI=1S/C15H14N2O4/c18-13-5-7-17(8-6-16-13)14(19)11-9-10-3-1-2-4-12(10)21-15(11)20/h1-4,9H,5-8H2,(H,16,18). The highest BCUT2D eigenvalue weighted by atomic mass is 16.4. The smallest absolute Gasteiger partial charge is 0.349 e. The summed E-state index contributed by atoms with van der Waals surface area (Å²) in [6, 6.07) is 8.58. The molecule has 0 radical (unpaired) electrons. The second kappa shape index (κ2) is 5.40. The van der Waals surface area contributed by atoms with Crippen LogP contribution in [0.4, 0.5) is 0 Å². The number of rotatable bonds is 1. The molecule has 0 atom stereocenters. The van der Waals surface area contributed by atoms with E-state index in [9.17, 15) is 14.4 Å². The Morgan fingerprint density at radius 1 is 1.19 bits per heavy atom. The maximum atomic E-state index is 12.5. The zero-order chi connectivity index (χ0) is 14.8. The van der Waals surface area contributed by atoms with E-state index in [4.69, 9.17) is 4.42 Å². The lowest BCUT2D eigenvalue weighted by atomic mass is 10.1. The molecule has 1 aromatic heterocycles. The molecule has 6 nitrogen and oxygen atoms in total. The molecule has 1 aliphatic heterocycles. The number of para-hydroxylation sites is 1. The summed E-state index contributed by atoms with van der Waals surface area (Å²) in [6.07, 6.45) is 0.241. The monoisotopic (exact) mass is 286 g/mol. The Kier molecular flexibility index (Phi) is 3.43. The molecule has 2 heterocycles. The zero-order valence-electron chi connectivity index (χ0n) is 11.3. The van der Waals surface area contributed by atoms with Crippen molar-refractivity contribution in [2.75, 3.05) is 19.6 Å². The topological polar surface area (TPSA) is 79.6 Å². The molecule has 0 aliphatic carbocycles. The van der Waals surface area contributed by atoms with Gasteiger partial charge >= 0.3 is 5.63 Å². The first-order valence-corrected chi connectivity index (χ1v) is 6.74. The van der Waals surface area contributed by atoms with Gasteiger partial charge < -0.3 is 14.6 Å². The molecule has 108 valence electrons. The van der Waals surface area contributed by atoms with Crippen molar-refractivity contribution < 1.29 is 14.0 Å². The summed E-state index contributed by atoms with van der Waals surface area (Å²) in [5, 5.41) is 3.39. The minimum Gasteiger partial charge on any atom is -0.422 e. The second-order valence-corrected chi connectivity index (χ2v) is 4.88. The molecule has 0 spiro atoms. The van der Waals surface area contributed by atoms with Crippen molar-refractivity contribution in [3.63, 3.8) is 0 Å². The molecular formula is C15H14N2O4. The molecule has 1 aliphatic rings. The summed E-state index contributed by atoms with van der Waals surface area (Å²) in [5.41, 5.74) is -0.197. The van der Waals surface area contributed by atoms with E-state index in [1.54, 1.807) is 24.3 Å². The lowest BCUT2D eigenvalue weighted by Gasteiger charge is -2.18. The minimum absolute atomic E-state index is 0.00282. The minimum atomic E-state index is -0.651. The van der Waals surface area contributed by atoms with Crippen molar-refractivity contribution in [1.29, 1.82) is 0 Å². The largest absolute Gasteiger partial charge is 0.422 e. The van der Waals surface area contributed by atoms with E-state index in [-0.39, 0.29) is 17.9 Å². The van der Waals surface area contributed by atoms with Gasteiger partial charge in [-0.05, 0) is 12.1 Å². The fourth-order valence-electron chi connectivity index (χ4n) is 2.35. The Morgan fingerprint density at radius 2 is 2.00 bits per heavy atom. The van der Waals surface area contributed by atoms with Gasteiger partial charge in [0.1, 0.15) is 11.1 Å². The number of nitrogens with one attached hydrogen (secondary N) is 1. The van der Waals surface area contributed by atoms with E-state index < -0.39 is 11.5 Å². The van der Waals surface area contributed by atoms with Crippen molar-refractivity contribution in [3.05, 3.63) is 46.3 Å². The van der Waals surface area contributed by atoms with Crippen LogP contribution in [0.25, 0.3) is 11.0 Å². The first kappa shape index (κ1) is 13.4. The number of hydrogen-bond acceptors (Lipinski definition) is 4. The third-order valence-electron chi connectivity index (χ3n) is 3.47. The fourth-order valence-corrected chi connectivity index (χ4v) is 2.35. The zero-order valence-corrected chi connectivity index (χ0v) is 11.3. The highest BCUT2D eigenvalue weighted by Gasteiger charge is 2.23. The van der Waals surface area contributed by atoms with Crippen molar-refractivity contribution in [3.8, 4) is 0 Å². The quantitative estimate of drug-likeness (QED) is 0.785. The molecule has 1 saturated heterocycles. The molecule has 1 fully saturated rings. The molecule has 0 bridgehead atoms. The van der Waals surface area contributed by atoms with E-state index in [2.05, 4.69) is 5.32 Å². The molecule has 1 aromatic carbocycles. The summed E-state index contributed by atoms with van der Waals surface area (Å²) in [6.45, 7) is 1.08. The SMILES string of the molecule is O=C1CCN(C(=O)c2cc3ccccc3oc2=O)CCN1. The summed E-state index contributed by atoms with van der Waals surface area (Å²) >= 11 is 0. The summed E-state index contributed by atoms with van der Waals surface area (Å²) in [4.78, 5) is 37.2. The summed E-state index contributed by atoms with van der Waals surface area (Å²) in [7, 11) is 0. The van der Waals surface area contributed by atoms with Gasteiger partial charge in [0.25, 0.3) is 5.91 Å². The molecule has 2 amide bonds. The molecule has 3 rings (SSSR count). The number of amides is 2. The number of carbonyl (C=O) groups excluding carboxylic acids is 2. The molecule has 21 heavy (non-hydrogen) atoms. The van der Waals surface area contributed by atoms with Crippen LogP contribution in [0.1, 0.15) is 16.8 Å². The van der Waals surface area contributed by atoms with Crippen LogP contribution in [0.15, 0.2) is 39.5 Å². The third-order valence-corrected chi connectivity index (χ3v) is 3.47. The first-order valence-electron chi connectivity index (χ1n) is 6.74. The Morgan fingerprint density at radius 3 is 2.86 bits per heavy atom. The lowest BCUT2D eigenvalue weighted by Crippen LogP contribution is -2.36. The van der Waals surface area contributed by atoms with Crippen LogP contribution < -0.4 is 10.9 Å². The Balaban J connectivity index is 1.95. The second-order valence-electron chi connectivity index (χ2n) is 4.88. The van der Waals surface area contributed by atoms with Gasteiger partial charge in [-0.2, -0.15) is 0 Å². The van der Waals surface area contributed by atoms with E-state index >= 15 is 0 Å². The number of nitrogens with zero attached hydrogens (tertiary/aromatic N) is 1. The molecule has 6 heteroatoms. The van der Waals surface area contributed by atoms with Crippen LogP contribution in [0, 0.1) is 0 Å². The predicted octanol–water partition coefficient (Wildman–Crippen LogP) is 0.755. The molecular weight excluding hydrogens is 272 g/mol. The summed E-state index contributed by atoms with van der Waals surface area (Å²) in [5.74, 6) is -0.484. The van der Waals surface area contributed by atoms with Crippen LogP contribution in [-0.4, -0.2) is 36.3 Å². The maximum absolute atomic E-state index is 12.5. The Hall–Kier alpha value is -2.63. The average Bonchev–Trinajstić information content (AvgIpc) is 2.70. The van der Waals surface area contributed by atoms with Crippen LogP contribution in [-0.2, 0) is 4.79 Å². The van der Waals surface area contributed by atoms with Crippen LogP contribution in [0.3, 0.4) is 0 Å². The summed E-state index contributed by atoms with van der Waals surface area (Å²) < 4.78 is 5.17. The number of carbonyl (C=O) groups is 2. The van der Waals surface area contributed by atoms with E-state index in [0.29, 0.717) is 30.6 Å². The average molecular weight is 286 g/mol. The van der Waals surface area contributed by atoms with Gasteiger partial charge in [0.2, 0.25) is 5.91 Å². The Labute approximate surface area is 120 Å². The van der Waals surface area contributed by atoms with Gasteiger partial charge in [-0.25, -0.2) is 4.79 Å². The number of hydrogen-bond donors (Lipinski definition) is 1. The van der Waals surface area contributed by atoms with E-state index in [1.165, 1.54) is 4.90 Å². The van der Waals surface area contributed by atoms with Crippen LogP contribution in [0.5, 0.6) is 0 Å². The molecule has 1 N–H and O–H groups in total. The predicted molar refractivity (Wildman–Crippen MR) is 76.0 cm³/mol. The van der Waals surface area contributed by atoms with E-state index in [0.717, 1.165) is 0 Å². The maximum Gasteiger partial charge on any atom is 0.349 e. The third kappa shape index (κ3) is 2.65. The van der Waals surface area contributed by atoms with Gasteiger partial charge in [0.05, 0.1) is 0 Å². The van der Waals surface area contributed by atoms with Crippen LogP contribution >= 0.6 is 0 Å². The van der Waals surface area contributed by atoms with Gasteiger partial charge in [-0.3, -0.25) is 9.59 Å². The Bertz CT molecular complexity index is 766. The van der Waals surface area contributed by atoms with Crippen molar-refractivity contribution in [2.45, 2.75) is 6.42 Å². The van der Waals surface area contributed by atoms with Crippen LogP contribution in [0.2, 0.25) is 0 Å². The molecule has 2 aromatic rings. The van der Waals surface area contributed by atoms with Gasteiger partial charge in [-0.1, -0.05) is 18.2 Å². The van der Waals surface area contributed by atoms with E-state index in [1.807, 2.05) is 6.07 Å². The number of benzene rings is 1. The fraction of sp³-hybridized carbons (Fsp3) is 0.267. The van der Waals surface area contributed by atoms with Gasteiger partial charge in [-0.15, -0.1) is 0 Å². The lowest BCUT2D eigenvalue weighted by molar-refractivity contribution is -0.120. The first-order chi connectivity index (χ1) is 10.1. The van der Waals surface area contributed by atoms with Gasteiger partial charge in [0, 0.05) is 31.4 Å². The number of fused-ring (bicyclic) bond motifs is 1. The van der Waals surface area contributed by atoms with Crippen molar-refractivity contribution in [2.24, 2.45) is 0 Å². The molecule has 0 saturated carbocycles. The molecule has 0 unspecified atom stereocenters. The van der Waals surface area contributed by atoms with Crippen molar-refractivity contribution in [1.82, 2.24) is 10.2 Å².